The number of anilines is 1. The maximum absolute atomic E-state index is 13.2. The van der Waals surface area contributed by atoms with Crippen LogP contribution in [0.15, 0.2) is 41.7 Å². The standard InChI is InChI=1S/C19H20Cl2N4O3/c1-4-28-16(26)10-24(3)19(27)17-11(2)23-15-7-8-22-25(15)18(17)12-5-6-13(20)14(21)9-12/h5-9,18,23H,4,10H2,1-3H3. The number of likely N-dealkylation sites (N-methyl/N-ethyl adjacent to an activating group) is 1. The minimum atomic E-state index is -0.516. The Bertz CT molecular complexity index is 954. The van der Waals surface area contributed by atoms with Gasteiger partial charge in [-0.15, -0.1) is 0 Å². The van der Waals surface area contributed by atoms with Crippen molar-refractivity contribution in [3.8, 4) is 0 Å². The van der Waals surface area contributed by atoms with Gasteiger partial charge in [-0.25, -0.2) is 4.68 Å². The number of esters is 1. The lowest BCUT2D eigenvalue weighted by atomic mass is 9.94. The van der Waals surface area contributed by atoms with Crippen LogP contribution in [0.1, 0.15) is 25.5 Å². The number of aromatic nitrogens is 2. The molecule has 28 heavy (non-hydrogen) atoms. The minimum absolute atomic E-state index is 0.149. The molecule has 0 radical (unpaired) electrons. The summed E-state index contributed by atoms with van der Waals surface area (Å²) in [4.78, 5) is 26.4. The van der Waals surface area contributed by atoms with Crippen molar-refractivity contribution >= 4 is 40.9 Å². The normalized spacial score (nSPS) is 15.7. The van der Waals surface area contributed by atoms with Gasteiger partial charge >= 0.3 is 5.97 Å². The summed E-state index contributed by atoms with van der Waals surface area (Å²) in [6.45, 7) is 3.64. The Labute approximate surface area is 172 Å². The van der Waals surface area contributed by atoms with Crippen LogP contribution in [0.4, 0.5) is 5.82 Å². The van der Waals surface area contributed by atoms with Crippen LogP contribution in [-0.4, -0.2) is 46.8 Å². The van der Waals surface area contributed by atoms with Crippen LogP contribution in [0.3, 0.4) is 0 Å². The first-order chi connectivity index (χ1) is 13.3. The Morgan fingerprint density at radius 1 is 1.29 bits per heavy atom. The molecule has 1 unspecified atom stereocenters. The molecule has 1 aromatic carbocycles. The SMILES string of the molecule is CCOC(=O)CN(C)C(=O)C1=C(C)Nc2ccnn2C1c1ccc(Cl)c(Cl)c1. The predicted octanol–water partition coefficient (Wildman–Crippen LogP) is 3.50. The lowest BCUT2D eigenvalue weighted by Gasteiger charge is -2.31. The maximum atomic E-state index is 13.2. The Kier molecular flexibility index (Phi) is 5.96. The number of rotatable bonds is 5. The predicted molar refractivity (Wildman–Crippen MR) is 107 cm³/mol. The van der Waals surface area contributed by atoms with E-state index in [4.69, 9.17) is 27.9 Å². The fourth-order valence-corrected chi connectivity index (χ4v) is 3.46. The van der Waals surface area contributed by atoms with E-state index in [1.807, 2.05) is 19.1 Å². The molecule has 1 atom stereocenters. The number of nitrogens with one attached hydrogen (secondary N) is 1. The summed E-state index contributed by atoms with van der Waals surface area (Å²) in [5.41, 5.74) is 1.89. The zero-order valence-corrected chi connectivity index (χ0v) is 17.2. The Balaban J connectivity index is 2.02. The van der Waals surface area contributed by atoms with Crippen LogP contribution in [-0.2, 0) is 14.3 Å². The fraction of sp³-hybridized carbons (Fsp3) is 0.316. The van der Waals surface area contributed by atoms with Crippen molar-refractivity contribution in [3.63, 3.8) is 0 Å². The quantitative estimate of drug-likeness (QED) is 0.746. The van der Waals surface area contributed by atoms with Crippen LogP contribution in [0.25, 0.3) is 0 Å². The number of benzene rings is 1. The number of carbonyl (C=O) groups is 2. The van der Waals surface area contributed by atoms with Crippen molar-refractivity contribution in [2.45, 2.75) is 19.9 Å². The average Bonchev–Trinajstić information content (AvgIpc) is 3.10. The van der Waals surface area contributed by atoms with Gasteiger partial charge in [0.25, 0.3) is 5.91 Å². The molecule has 2 aromatic rings. The molecule has 1 aliphatic heterocycles. The van der Waals surface area contributed by atoms with Crippen LogP contribution in [0, 0.1) is 0 Å². The molecule has 148 valence electrons. The number of nitrogens with zero attached hydrogens (tertiary/aromatic N) is 3. The molecule has 1 amide bonds. The number of halogens is 2. The second kappa shape index (κ2) is 8.24. The van der Waals surface area contributed by atoms with E-state index in [0.29, 0.717) is 21.3 Å². The van der Waals surface area contributed by atoms with E-state index in [0.717, 1.165) is 11.4 Å². The summed E-state index contributed by atoms with van der Waals surface area (Å²) < 4.78 is 6.65. The van der Waals surface area contributed by atoms with Gasteiger partial charge < -0.3 is 15.0 Å². The second-order valence-electron chi connectivity index (χ2n) is 6.37. The molecule has 0 spiro atoms. The van der Waals surface area contributed by atoms with Crippen molar-refractivity contribution in [1.82, 2.24) is 14.7 Å². The van der Waals surface area contributed by atoms with E-state index in [1.165, 1.54) is 4.90 Å². The summed E-state index contributed by atoms with van der Waals surface area (Å²) in [6.07, 6.45) is 1.65. The summed E-state index contributed by atoms with van der Waals surface area (Å²) in [7, 11) is 1.56. The van der Waals surface area contributed by atoms with E-state index in [1.54, 1.807) is 37.0 Å². The number of fused-ring (bicyclic) bond motifs is 1. The molecule has 0 fully saturated rings. The topological polar surface area (TPSA) is 76.5 Å². The Hall–Kier alpha value is -2.51. The van der Waals surface area contributed by atoms with Gasteiger partial charge in [-0.05, 0) is 31.5 Å². The van der Waals surface area contributed by atoms with E-state index in [2.05, 4.69) is 10.4 Å². The van der Waals surface area contributed by atoms with Gasteiger partial charge in [-0.3, -0.25) is 9.59 Å². The highest BCUT2D eigenvalue weighted by atomic mass is 35.5. The van der Waals surface area contributed by atoms with Gasteiger partial charge in [0.15, 0.2) is 0 Å². The summed E-state index contributed by atoms with van der Waals surface area (Å²) in [5, 5.41) is 8.36. The number of allylic oxidation sites excluding steroid dienone is 1. The summed E-state index contributed by atoms with van der Waals surface area (Å²) in [6, 6.07) is 6.51. The van der Waals surface area contributed by atoms with E-state index in [9.17, 15) is 9.59 Å². The molecule has 7 nitrogen and oxygen atoms in total. The molecule has 3 rings (SSSR count). The third-order valence-electron chi connectivity index (χ3n) is 4.42. The van der Waals surface area contributed by atoms with Crippen LogP contribution < -0.4 is 5.32 Å². The van der Waals surface area contributed by atoms with Crippen LogP contribution >= 0.6 is 23.2 Å². The molecule has 1 aliphatic rings. The first kappa shape index (κ1) is 20.2. The lowest BCUT2D eigenvalue weighted by molar-refractivity contribution is -0.147. The van der Waals surface area contributed by atoms with Crippen molar-refractivity contribution in [3.05, 3.63) is 57.3 Å². The highest BCUT2D eigenvalue weighted by Gasteiger charge is 2.34. The smallest absolute Gasteiger partial charge is 0.325 e. The van der Waals surface area contributed by atoms with Crippen molar-refractivity contribution < 1.29 is 14.3 Å². The summed E-state index contributed by atoms with van der Waals surface area (Å²) >= 11 is 12.3. The number of carbonyl (C=O) groups excluding carboxylic acids is 2. The number of hydrogen-bond acceptors (Lipinski definition) is 5. The highest BCUT2D eigenvalue weighted by Crippen LogP contribution is 2.38. The van der Waals surface area contributed by atoms with Crippen molar-refractivity contribution in [2.75, 3.05) is 25.5 Å². The Morgan fingerprint density at radius 2 is 2.04 bits per heavy atom. The molecular formula is C19H20Cl2N4O3. The number of hydrogen-bond donors (Lipinski definition) is 1. The number of amides is 1. The van der Waals surface area contributed by atoms with Crippen molar-refractivity contribution in [1.29, 1.82) is 0 Å². The first-order valence-corrected chi connectivity index (χ1v) is 9.46. The molecule has 1 aromatic heterocycles. The van der Waals surface area contributed by atoms with Crippen molar-refractivity contribution in [2.24, 2.45) is 0 Å². The van der Waals surface area contributed by atoms with Gasteiger partial charge in [-0.2, -0.15) is 5.10 Å². The lowest BCUT2D eigenvalue weighted by Crippen LogP contribution is -2.39. The van der Waals surface area contributed by atoms with Gasteiger partial charge in [-0.1, -0.05) is 29.3 Å². The Morgan fingerprint density at radius 3 is 2.71 bits per heavy atom. The average molecular weight is 423 g/mol. The highest BCUT2D eigenvalue weighted by molar-refractivity contribution is 6.42. The zero-order chi connectivity index (χ0) is 20.4. The molecule has 2 heterocycles. The fourth-order valence-electron chi connectivity index (χ4n) is 3.15. The van der Waals surface area contributed by atoms with Gasteiger partial charge in [0.1, 0.15) is 18.4 Å². The van der Waals surface area contributed by atoms with Crippen LogP contribution in [0.5, 0.6) is 0 Å². The van der Waals surface area contributed by atoms with Gasteiger partial charge in [0.2, 0.25) is 0 Å². The van der Waals surface area contributed by atoms with Crippen LogP contribution in [0.2, 0.25) is 10.0 Å². The largest absolute Gasteiger partial charge is 0.465 e. The third kappa shape index (κ3) is 3.86. The second-order valence-corrected chi connectivity index (χ2v) is 7.18. The third-order valence-corrected chi connectivity index (χ3v) is 5.16. The summed E-state index contributed by atoms with van der Waals surface area (Å²) in [5.74, 6) is -0.0281. The molecule has 9 heteroatoms. The molecule has 0 aliphatic carbocycles. The van der Waals surface area contributed by atoms with E-state index in [-0.39, 0.29) is 19.1 Å². The molecule has 0 bridgehead atoms. The number of ether oxygens (including phenoxy) is 1. The molecule has 0 saturated heterocycles. The zero-order valence-electron chi connectivity index (χ0n) is 15.7. The monoisotopic (exact) mass is 422 g/mol. The van der Waals surface area contributed by atoms with Gasteiger partial charge in [0, 0.05) is 18.8 Å². The minimum Gasteiger partial charge on any atom is -0.465 e. The first-order valence-electron chi connectivity index (χ1n) is 8.70. The van der Waals surface area contributed by atoms with E-state index < -0.39 is 12.0 Å². The van der Waals surface area contributed by atoms with Gasteiger partial charge in [0.05, 0.1) is 28.4 Å². The molecule has 1 N–H and O–H groups in total. The molecule has 0 saturated carbocycles. The molecular weight excluding hydrogens is 403 g/mol. The van der Waals surface area contributed by atoms with E-state index >= 15 is 0 Å². The maximum Gasteiger partial charge on any atom is 0.325 e.